The Hall–Kier alpha value is -3.03. The number of nitrogen functional groups attached to an aromatic ring is 1. The number of pyridine rings is 1. The quantitative estimate of drug-likeness (QED) is 0.752. The molecule has 3 aromatic heterocycles. The second-order valence-electron chi connectivity index (χ2n) is 7.15. The molecule has 3 aromatic rings. The average molecular weight is 365 g/mol. The summed E-state index contributed by atoms with van der Waals surface area (Å²) in [5.41, 5.74) is 7.73. The maximum absolute atomic E-state index is 5.92. The van der Waals surface area contributed by atoms with Crippen molar-refractivity contribution >= 4 is 11.8 Å². The van der Waals surface area contributed by atoms with Gasteiger partial charge in [-0.3, -0.25) is 4.98 Å². The molecule has 0 unspecified atom stereocenters. The van der Waals surface area contributed by atoms with Crippen molar-refractivity contribution in [1.82, 2.24) is 25.1 Å². The van der Waals surface area contributed by atoms with Crippen LogP contribution in [0.2, 0.25) is 0 Å². The van der Waals surface area contributed by atoms with Crippen LogP contribution in [-0.2, 0) is 0 Å². The Morgan fingerprint density at radius 1 is 1.26 bits per heavy atom. The minimum atomic E-state index is 0.162. The predicted molar refractivity (Wildman–Crippen MR) is 102 cm³/mol. The first kappa shape index (κ1) is 17.4. The molecule has 0 bridgehead atoms. The van der Waals surface area contributed by atoms with E-state index in [0.29, 0.717) is 23.6 Å². The van der Waals surface area contributed by atoms with E-state index in [4.69, 9.17) is 10.3 Å². The molecule has 140 valence electrons. The Balaban J connectivity index is 1.55. The first-order chi connectivity index (χ1) is 13.1. The Morgan fingerprint density at radius 2 is 2.15 bits per heavy atom. The Morgan fingerprint density at radius 3 is 2.93 bits per heavy atom. The van der Waals surface area contributed by atoms with Gasteiger partial charge in [0.05, 0.1) is 11.6 Å². The van der Waals surface area contributed by atoms with Crippen LogP contribution in [0.25, 0.3) is 11.4 Å². The van der Waals surface area contributed by atoms with Gasteiger partial charge in [-0.2, -0.15) is 9.97 Å². The lowest BCUT2D eigenvalue weighted by Crippen LogP contribution is -2.35. The molecule has 1 saturated heterocycles. The Labute approximate surface area is 157 Å². The van der Waals surface area contributed by atoms with Crippen LogP contribution in [0, 0.1) is 0 Å². The van der Waals surface area contributed by atoms with Gasteiger partial charge in [-0.05, 0) is 30.9 Å². The summed E-state index contributed by atoms with van der Waals surface area (Å²) in [4.78, 5) is 19.7. The smallest absolute Gasteiger partial charge is 0.231 e. The highest BCUT2D eigenvalue weighted by atomic mass is 16.5. The third kappa shape index (κ3) is 3.74. The van der Waals surface area contributed by atoms with Gasteiger partial charge in [0.1, 0.15) is 5.82 Å². The molecular formula is C19H23N7O. The van der Waals surface area contributed by atoms with Crippen molar-refractivity contribution in [2.45, 2.75) is 38.5 Å². The highest BCUT2D eigenvalue weighted by Gasteiger charge is 2.27. The van der Waals surface area contributed by atoms with E-state index in [0.717, 1.165) is 43.0 Å². The highest BCUT2D eigenvalue weighted by molar-refractivity contribution is 5.52. The average Bonchev–Trinajstić information content (AvgIpc) is 3.18. The van der Waals surface area contributed by atoms with E-state index in [1.54, 1.807) is 12.4 Å². The van der Waals surface area contributed by atoms with Gasteiger partial charge in [-0.1, -0.05) is 19.0 Å². The number of rotatable bonds is 4. The van der Waals surface area contributed by atoms with Crippen LogP contribution < -0.4 is 10.6 Å². The second kappa shape index (κ2) is 7.30. The van der Waals surface area contributed by atoms with Gasteiger partial charge in [0.25, 0.3) is 0 Å². The largest absolute Gasteiger partial charge is 0.368 e. The van der Waals surface area contributed by atoms with Gasteiger partial charge in [-0.15, -0.1) is 0 Å². The molecule has 8 heteroatoms. The molecule has 0 amide bonds. The first-order valence-corrected chi connectivity index (χ1v) is 9.23. The zero-order valence-electron chi connectivity index (χ0n) is 15.5. The summed E-state index contributed by atoms with van der Waals surface area (Å²) in [5.74, 6) is 2.87. The molecule has 4 rings (SSSR count). The van der Waals surface area contributed by atoms with E-state index >= 15 is 0 Å². The maximum atomic E-state index is 5.92. The SMILES string of the molecule is CC(C)c1cc(N2CCC[C@@H](c3nc(-c4cccnc4)no3)C2)nc(N)n1. The lowest BCUT2D eigenvalue weighted by Gasteiger charge is -2.32. The second-order valence-corrected chi connectivity index (χ2v) is 7.15. The third-order valence-electron chi connectivity index (χ3n) is 4.80. The van der Waals surface area contributed by atoms with Gasteiger partial charge in [0.15, 0.2) is 0 Å². The Bertz CT molecular complexity index is 909. The van der Waals surface area contributed by atoms with Crippen LogP contribution in [0.15, 0.2) is 35.1 Å². The van der Waals surface area contributed by atoms with E-state index in [9.17, 15) is 0 Å². The number of hydrogen-bond acceptors (Lipinski definition) is 8. The summed E-state index contributed by atoms with van der Waals surface area (Å²) >= 11 is 0. The topological polar surface area (TPSA) is 107 Å². The number of nitrogens with zero attached hydrogens (tertiary/aromatic N) is 6. The van der Waals surface area contributed by atoms with Crippen molar-refractivity contribution in [3.05, 3.63) is 42.2 Å². The van der Waals surface area contributed by atoms with Crippen LogP contribution in [0.1, 0.15) is 50.1 Å². The molecule has 27 heavy (non-hydrogen) atoms. The zero-order chi connectivity index (χ0) is 18.8. The molecule has 1 aliphatic rings. The molecule has 0 radical (unpaired) electrons. The summed E-state index contributed by atoms with van der Waals surface area (Å²) in [6, 6.07) is 5.81. The molecule has 1 aliphatic heterocycles. The van der Waals surface area contributed by atoms with Gasteiger partial charge >= 0.3 is 0 Å². The van der Waals surface area contributed by atoms with Gasteiger partial charge in [-0.25, -0.2) is 4.98 Å². The van der Waals surface area contributed by atoms with E-state index in [1.165, 1.54) is 0 Å². The third-order valence-corrected chi connectivity index (χ3v) is 4.80. The molecule has 0 spiro atoms. The van der Waals surface area contributed by atoms with Crippen molar-refractivity contribution in [3.63, 3.8) is 0 Å². The van der Waals surface area contributed by atoms with Crippen LogP contribution in [0.3, 0.4) is 0 Å². The predicted octanol–water partition coefficient (Wildman–Crippen LogP) is 3.01. The number of piperidine rings is 1. The van der Waals surface area contributed by atoms with E-state index in [1.807, 2.05) is 18.2 Å². The van der Waals surface area contributed by atoms with Crippen molar-refractivity contribution < 1.29 is 4.52 Å². The van der Waals surface area contributed by atoms with Gasteiger partial charge < -0.3 is 15.2 Å². The molecule has 8 nitrogen and oxygen atoms in total. The molecule has 2 N–H and O–H groups in total. The van der Waals surface area contributed by atoms with Crippen molar-refractivity contribution in [3.8, 4) is 11.4 Å². The lowest BCUT2D eigenvalue weighted by atomic mass is 9.98. The standard InChI is InChI=1S/C19H23N7O/c1-12(2)15-9-16(23-19(20)22-15)26-8-4-6-14(11-26)18-24-17(25-27-18)13-5-3-7-21-10-13/h3,5,7,9-10,12,14H,4,6,8,11H2,1-2H3,(H2,20,22,23)/t14-/m1/s1. The monoisotopic (exact) mass is 365 g/mol. The van der Waals surface area contributed by atoms with Crippen LogP contribution in [-0.4, -0.2) is 38.2 Å². The minimum Gasteiger partial charge on any atom is -0.368 e. The van der Waals surface area contributed by atoms with Crippen molar-refractivity contribution in [1.29, 1.82) is 0 Å². The normalized spacial score (nSPS) is 17.4. The fourth-order valence-electron chi connectivity index (χ4n) is 3.33. The van der Waals surface area contributed by atoms with E-state index in [2.05, 4.69) is 43.8 Å². The number of aromatic nitrogens is 5. The maximum Gasteiger partial charge on any atom is 0.231 e. The molecule has 0 aliphatic carbocycles. The lowest BCUT2D eigenvalue weighted by molar-refractivity contribution is 0.333. The van der Waals surface area contributed by atoms with Crippen LogP contribution in [0.5, 0.6) is 0 Å². The first-order valence-electron chi connectivity index (χ1n) is 9.23. The van der Waals surface area contributed by atoms with E-state index < -0.39 is 0 Å². The van der Waals surface area contributed by atoms with Crippen molar-refractivity contribution in [2.75, 3.05) is 23.7 Å². The summed E-state index contributed by atoms with van der Waals surface area (Å²) in [6.45, 7) is 5.89. The van der Waals surface area contributed by atoms with Crippen LogP contribution >= 0.6 is 0 Å². The molecular weight excluding hydrogens is 342 g/mol. The summed E-state index contributed by atoms with van der Waals surface area (Å²) < 4.78 is 5.56. The minimum absolute atomic E-state index is 0.162. The number of nitrogens with two attached hydrogens (primary N) is 1. The molecule has 1 atom stereocenters. The Kier molecular flexibility index (Phi) is 4.70. The van der Waals surface area contributed by atoms with Gasteiger partial charge in [0.2, 0.25) is 17.7 Å². The van der Waals surface area contributed by atoms with Crippen LogP contribution in [0.4, 0.5) is 11.8 Å². The molecule has 1 fully saturated rings. The van der Waals surface area contributed by atoms with E-state index in [-0.39, 0.29) is 5.92 Å². The summed E-state index contributed by atoms with van der Waals surface area (Å²) in [7, 11) is 0. The highest BCUT2D eigenvalue weighted by Crippen LogP contribution is 2.30. The fourth-order valence-corrected chi connectivity index (χ4v) is 3.33. The zero-order valence-corrected chi connectivity index (χ0v) is 15.5. The molecule has 4 heterocycles. The number of anilines is 2. The molecule has 0 saturated carbocycles. The molecule has 0 aromatic carbocycles. The van der Waals surface area contributed by atoms with Gasteiger partial charge in [0, 0.05) is 37.1 Å². The summed E-state index contributed by atoms with van der Waals surface area (Å²) in [5, 5.41) is 4.12. The summed E-state index contributed by atoms with van der Waals surface area (Å²) in [6.07, 6.45) is 5.49. The fraction of sp³-hybridized carbons (Fsp3) is 0.421. The number of hydrogen-bond donors (Lipinski definition) is 1. The van der Waals surface area contributed by atoms with Crippen molar-refractivity contribution in [2.24, 2.45) is 0 Å².